The number of rotatable bonds is 6. The van der Waals surface area contributed by atoms with Crippen LogP contribution in [0.15, 0.2) is 61.2 Å². The highest BCUT2D eigenvalue weighted by Crippen LogP contribution is 2.32. The van der Waals surface area contributed by atoms with Crippen LogP contribution in [0.2, 0.25) is 0 Å². The Kier molecular flexibility index (Phi) is 5.71. The molecule has 1 N–H and O–H groups in total. The van der Waals surface area contributed by atoms with E-state index in [4.69, 9.17) is 0 Å². The van der Waals surface area contributed by atoms with E-state index in [0.29, 0.717) is 6.54 Å². The van der Waals surface area contributed by atoms with Crippen LogP contribution in [0.5, 0.6) is 0 Å². The highest BCUT2D eigenvalue weighted by Gasteiger charge is 2.36. The van der Waals surface area contributed by atoms with Crippen molar-refractivity contribution in [3.8, 4) is 0 Å². The molecule has 1 unspecified atom stereocenters. The summed E-state index contributed by atoms with van der Waals surface area (Å²) in [7, 11) is 0. The molecule has 2 aromatic heterocycles. The van der Waals surface area contributed by atoms with Crippen molar-refractivity contribution in [2.45, 2.75) is 45.4 Å². The number of fused-ring (bicyclic) bond motifs is 1. The van der Waals surface area contributed by atoms with Crippen molar-refractivity contribution in [1.82, 2.24) is 24.8 Å². The minimum Gasteiger partial charge on any atom is -0.350 e. The van der Waals surface area contributed by atoms with Crippen LogP contribution < -0.4 is 5.32 Å². The quantitative estimate of drug-likeness (QED) is 0.703. The Balaban J connectivity index is 1.62. The molecule has 4 rings (SSSR count). The monoisotopic (exact) mass is 389 g/mol. The minimum absolute atomic E-state index is 0.00753. The SMILES string of the molecule is CC(C)n1cnc2c1C(C(=O)NCc1cccnc1)N(Cc1ccccc1)CC2. The predicted molar refractivity (Wildman–Crippen MR) is 112 cm³/mol. The lowest BCUT2D eigenvalue weighted by atomic mass is 9.99. The lowest BCUT2D eigenvalue weighted by molar-refractivity contribution is -0.127. The molecule has 1 aliphatic heterocycles. The van der Waals surface area contributed by atoms with Crippen LogP contribution in [-0.2, 0) is 24.3 Å². The molecule has 1 amide bonds. The Morgan fingerprint density at radius 3 is 2.69 bits per heavy atom. The fourth-order valence-corrected chi connectivity index (χ4v) is 3.93. The molecule has 0 saturated carbocycles. The average Bonchev–Trinajstić information content (AvgIpc) is 3.18. The maximum absolute atomic E-state index is 13.4. The molecule has 1 aromatic carbocycles. The molecule has 3 heterocycles. The first kappa shape index (κ1) is 19.3. The Labute approximate surface area is 171 Å². The molecule has 29 heavy (non-hydrogen) atoms. The van der Waals surface area contributed by atoms with Crippen LogP contribution in [-0.4, -0.2) is 31.9 Å². The Morgan fingerprint density at radius 2 is 1.97 bits per heavy atom. The van der Waals surface area contributed by atoms with Gasteiger partial charge < -0.3 is 9.88 Å². The lowest BCUT2D eigenvalue weighted by Gasteiger charge is -2.36. The molecule has 3 aromatic rings. The highest BCUT2D eigenvalue weighted by atomic mass is 16.2. The number of imidazole rings is 1. The van der Waals surface area contributed by atoms with E-state index < -0.39 is 0 Å². The van der Waals surface area contributed by atoms with Gasteiger partial charge in [-0.15, -0.1) is 0 Å². The van der Waals surface area contributed by atoms with Gasteiger partial charge >= 0.3 is 0 Å². The van der Waals surface area contributed by atoms with Gasteiger partial charge in [0.15, 0.2) is 0 Å². The van der Waals surface area contributed by atoms with E-state index in [2.05, 4.69) is 50.7 Å². The second kappa shape index (κ2) is 8.57. The summed E-state index contributed by atoms with van der Waals surface area (Å²) in [5.41, 5.74) is 4.25. The number of hydrogen-bond donors (Lipinski definition) is 1. The van der Waals surface area contributed by atoms with Crippen LogP contribution in [0.1, 0.15) is 48.4 Å². The number of nitrogens with zero attached hydrogens (tertiary/aromatic N) is 4. The molecule has 0 aliphatic carbocycles. The van der Waals surface area contributed by atoms with Gasteiger partial charge in [0.2, 0.25) is 5.91 Å². The number of benzene rings is 1. The molecule has 0 radical (unpaired) electrons. The third kappa shape index (κ3) is 4.22. The summed E-state index contributed by atoms with van der Waals surface area (Å²) < 4.78 is 2.14. The maximum Gasteiger partial charge on any atom is 0.243 e. The summed E-state index contributed by atoms with van der Waals surface area (Å²) in [6.45, 7) is 6.26. The Morgan fingerprint density at radius 1 is 1.17 bits per heavy atom. The number of aromatic nitrogens is 3. The van der Waals surface area contributed by atoms with E-state index in [9.17, 15) is 4.79 Å². The fraction of sp³-hybridized carbons (Fsp3) is 0.348. The molecule has 6 heteroatoms. The van der Waals surface area contributed by atoms with E-state index in [1.807, 2.05) is 36.7 Å². The third-order valence-corrected chi connectivity index (χ3v) is 5.39. The molecule has 1 aliphatic rings. The fourth-order valence-electron chi connectivity index (χ4n) is 3.93. The second-order valence-corrected chi connectivity index (χ2v) is 7.77. The first-order valence-corrected chi connectivity index (χ1v) is 10.1. The van der Waals surface area contributed by atoms with Crippen LogP contribution in [0.25, 0.3) is 0 Å². The highest BCUT2D eigenvalue weighted by molar-refractivity contribution is 5.83. The molecule has 150 valence electrons. The van der Waals surface area contributed by atoms with Gasteiger partial charge in [-0.05, 0) is 31.0 Å². The summed E-state index contributed by atoms with van der Waals surface area (Å²) in [5.74, 6) is 0.00753. The van der Waals surface area contributed by atoms with Crippen LogP contribution in [0.3, 0.4) is 0 Å². The number of pyridine rings is 1. The van der Waals surface area contributed by atoms with Crippen molar-refractivity contribution in [2.75, 3.05) is 6.54 Å². The van der Waals surface area contributed by atoms with Crippen molar-refractivity contribution in [2.24, 2.45) is 0 Å². The molecule has 0 spiro atoms. The van der Waals surface area contributed by atoms with Gasteiger partial charge in [0.1, 0.15) is 6.04 Å². The van der Waals surface area contributed by atoms with Crippen LogP contribution in [0.4, 0.5) is 0 Å². The first-order chi connectivity index (χ1) is 14.1. The topological polar surface area (TPSA) is 63.1 Å². The summed E-state index contributed by atoms with van der Waals surface area (Å²) in [6.07, 6.45) is 6.26. The number of carbonyl (C=O) groups is 1. The second-order valence-electron chi connectivity index (χ2n) is 7.77. The smallest absolute Gasteiger partial charge is 0.243 e. The summed E-state index contributed by atoms with van der Waals surface area (Å²) in [6, 6.07) is 14.1. The van der Waals surface area contributed by atoms with Gasteiger partial charge in [-0.2, -0.15) is 0 Å². The zero-order valence-corrected chi connectivity index (χ0v) is 17.0. The zero-order valence-electron chi connectivity index (χ0n) is 17.0. The average molecular weight is 390 g/mol. The van der Waals surface area contributed by atoms with Gasteiger partial charge in [0.25, 0.3) is 0 Å². The van der Waals surface area contributed by atoms with Crippen molar-refractivity contribution in [3.63, 3.8) is 0 Å². The van der Waals surface area contributed by atoms with E-state index in [1.165, 1.54) is 5.56 Å². The van der Waals surface area contributed by atoms with Gasteiger partial charge in [-0.25, -0.2) is 4.98 Å². The molecule has 0 bridgehead atoms. The summed E-state index contributed by atoms with van der Waals surface area (Å²) in [4.78, 5) is 24.4. The zero-order chi connectivity index (χ0) is 20.2. The molecule has 0 saturated heterocycles. The number of amides is 1. The van der Waals surface area contributed by atoms with Gasteiger partial charge in [-0.1, -0.05) is 36.4 Å². The van der Waals surface area contributed by atoms with Crippen LogP contribution >= 0.6 is 0 Å². The Bertz CT molecular complexity index is 952. The van der Waals surface area contributed by atoms with E-state index in [0.717, 1.165) is 36.5 Å². The van der Waals surface area contributed by atoms with E-state index in [-0.39, 0.29) is 18.0 Å². The Hall–Kier alpha value is -2.99. The molecule has 6 nitrogen and oxygen atoms in total. The third-order valence-electron chi connectivity index (χ3n) is 5.39. The normalized spacial score (nSPS) is 16.6. The molecule has 0 fully saturated rings. The van der Waals surface area contributed by atoms with Crippen molar-refractivity contribution in [3.05, 3.63) is 83.7 Å². The van der Waals surface area contributed by atoms with E-state index in [1.54, 1.807) is 12.4 Å². The lowest BCUT2D eigenvalue weighted by Crippen LogP contribution is -2.45. The largest absolute Gasteiger partial charge is 0.350 e. The van der Waals surface area contributed by atoms with Crippen molar-refractivity contribution < 1.29 is 4.79 Å². The number of hydrogen-bond acceptors (Lipinski definition) is 4. The first-order valence-electron chi connectivity index (χ1n) is 10.1. The molecular weight excluding hydrogens is 362 g/mol. The van der Waals surface area contributed by atoms with E-state index >= 15 is 0 Å². The number of carbonyl (C=O) groups excluding carboxylic acids is 1. The van der Waals surface area contributed by atoms with Crippen molar-refractivity contribution in [1.29, 1.82) is 0 Å². The number of nitrogens with one attached hydrogen (secondary N) is 1. The van der Waals surface area contributed by atoms with Crippen LogP contribution in [0, 0.1) is 0 Å². The van der Waals surface area contributed by atoms with Gasteiger partial charge in [-0.3, -0.25) is 14.7 Å². The maximum atomic E-state index is 13.4. The van der Waals surface area contributed by atoms with Crippen molar-refractivity contribution >= 4 is 5.91 Å². The predicted octanol–water partition coefficient (Wildman–Crippen LogP) is 3.27. The van der Waals surface area contributed by atoms with Gasteiger partial charge in [0.05, 0.1) is 17.7 Å². The summed E-state index contributed by atoms with van der Waals surface area (Å²) >= 11 is 0. The minimum atomic E-state index is -0.361. The summed E-state index contributed by atoms with van der Waals surface area (Å²) in [5, 5.41) is 3.12. The standard InChI is InChI=1S/C23H27N5O/c1-17(2)28-16-26-20-10-12-27(15-18-7-4-3-5-8-18)22(21(20)28)23(29)25-14-19-9-6-11-24-13-19/h3-9,11,13,16-17,22H,10,12,14-15H2,1-2H3,(H,25,29). The molecular formula is C23H27N5O. The van der Waals surface area contributed by atoms with Gasteiger partial charge in [0, 0.05) is 44.5 Å². The molecule has 1 atom stereocenters.